The quantitative estimate of drug-likeness (QED) is 0.740. The Morgan fingerprint density at radius 1 is 1.33 bits per heavy atom. The molecule has 1 aliphatic rings. The summed E-state index contributed by atoms with van der Waals surface area (Å²) in [5.41, 5.74) is 0.951. The molecular weight excluding hydrogens is 279 g/mol. The average molecular weight is 294 g/mol. The highest BCUT2D eigenvalue weighted by Crippen LogP contribution is 2.31. The van der Waals surface area contributed by atoms with Crippen molar-refractivity contribution in [1.82, 2.24) is 10.6 Å². The largest absolute Gasteiger partial charge is 0.506 e. The van der Waals surface area contributed by atoms with Crippen LogP contribution < -0.4 is 10.6 Å². The lowest BCUT2D eigenvalue weighted by atomic mass is 10.0. The summed E-state index contributed by atoms with van der Waals surface area (Å²) in [5.74, 6) is 0.341. The molecule has 3 N–H and O–H groups in total. The molecule has 0 saturated carbocycles. The number of piperazine rings is 1. The van der Waals surface area contributed by atoms with Gasteiger partial charge >= 0.3 is 0 Å². The summed E-state index contributed by atoms with van der Waals surface area (Å²) in [5, 5.41) is 16.5. The van der Waals surface area contributed by atoms with Crippen LogP contribution >= 0.6 is 28.3 Å². The fourth-order valence-corrected chi connectivity index (χ4v) is 2.07. The summed E-state index contributed by atoms with van der Waals surface area (Å²) < 4.78 is 0.752. The lowest BCUT2D eigenvalue weighted by Crippen LogP contribution is -2.42. The maximum absolute atomic E-state index is 9.84. The van der Waals surface area contributed by atoms with Gasteiger partial charge in [-0.05, 0) is 22.0 Å². The summed E-state index contributed by atoms with van der Waals surface area (Å²) in [6.45, 7) is 2.80. The SMILES string of the molecule is Cl.Oc1c(Br)cccc1[C@H]1CNCCN1. The first-order chi connectivity index (χ1) is 6.79. The summed E-state index contributed by atoms with van der Waals surface area (Å²) in [4.78, 5) is 0. The van der Waals surface area contributed by atoms with Gasteiger partial charge in [-0.25, -0.2) is 0 Å². The highest BCUT2D eigenvalue weighted by molar-refractivity contribution is 9.10. The van der Waals surface area contributed by atoms with Crippen LogP contribution in [0.5, 0.6) is 5.75 Å². The molecule has 15 heavy (non-hydrogen) atoms. The minimum atomic E-state index is 0. The van der Waals surface area contributed by atoms with Gasteiger partial charge in [-0.2, -0.15) is 0 Å². The van der Waals surface area contributed by atoms with Gasteiger partial charge in [-0.15, -0.1) is 12.4 Å². The van der Waals surface area contributed by atoms with E-state index in [0.717, 1.165) is 29.7 Å². The van der Waals surface area contributed by atoms with Gasteiger partial charge in [0.2, 0.25) is 0 Å². The summed E-state index contributed by atoms with van der Waals surface area (Å²) in [6, 6.07) is 5.94. The molecule has 0 radical (unpaired) electrons. The van der Waals surface area contributed by atoms with Crippen LogP contribution in [0.2, 0.25) is 0 Å². The van der Waals surface area contributed by atoms with Gasteiger partial charge in [0.25, 0.3) is 0 Å². The molecule has 2 rings (SSSR count). The molecule has 5 heteroatoms. The van der Waals surface area contributed by atoms with Crippen LogP contribution in [0.15, 0.2) is 22.7 Å². The molecule has 1 fully saturated rings. The molecule has 0 bridgehead atoms. The van der Waals surface area contributed by atoms with Crippen molar-refractivity contribution in [2.24, 2.45) is 0 Å². The van der Waals surface area contributed by atoms with Crippen LogP contribution in [0.4, 0.5) is 0 Å². The molecule has 0 unspecified atom stereocenters. The number of hydrogen-bond donors (Lipinski definition) is 3. The van der Waals surface area contributed by atoms with Gasteiger partial charge in [0, 0.05) is 31.2 Å². The van der Waals surface area contributed by atoms with Crippen molar-refractivity contribution in [3.05, 3.63) is 28.2 Å². The van der Waals surface area contributed by atoms with Crippen molar-refractivity contribution in [1.29, 1.82) is 0 Å². The predicted octanol–water partition coefficient (Wildman–Crippen LogP) is 1.81. The van der Waals surface area contributed by atoms with E-state index in [4.69, 9.17) is 0 Å². The average Bonchev–Trinajstić information content (AvgIpc) is 2.23. The minimum Gasteiger partial charge on any atom is -0.506 e. The summed E-state index contributed by atoms with van der Waals surface area (Å²) in [7, 11) is 0. The lowest BCUT2D eigenvalue weighted by molar-refractivity contribution is 0.403. The van der Waals surface area contributed by atoms with E-state index in [1.165, 1.54) is 0 Å². The predicted molar refractivity (Wildman–Crippen MR) is 66.7 cm³/mol. The molecule has 3 nitrogen and oxygen atoms in total. The molecule has 1 atom stereocenters. The first-order valence-electron chi connectivity index (χ1n) is 4.70. The molecule has 1 aliphatic heterocycles. The maximum atomic E-state index is 9.84. The van der Waals surface area contributed by atoms with Crippen LogP contribution in [0.25, 0.3) is 0 Å². The van der Waals surface area contributed by atoms with E-state index in [-0.39, 0.29) is 18.4 Å². The van der Waals surface area contributed by atoms with E-state index in [1.807, 2.05) is 18.2 Å². The Morgan fingerprint density at radius 2 is 2.13 bits per heavy atom. The van der Waals surface area contributed by atoms with Gasteiger partial charge < -0.3 is 15.7 Å². The first-order valence-corrected chi connectivity index (χ1v) is 5.50. The Morgan fingerprint density at radius 3 is 2.80 bits per heavy atom. The van der Waals surface area contributed by atoms with Crippen LogP contribution in [0.1, 0.15) is 11.6 Å². The fraction of sp³-hybridized carbons (Fsp3) is 0.400. The van der Waals surface area contributed by atoms with Crippen molar-refractivity contribution < 1.29 is 5.11 Å². The van der Waals surface area contributed by atoms with Crippen LogP contribution in [-0.4, -0.2) is 24.7 Å². The van der Waals surface area contributed by atoms with Crippen molar-refractivity contribution in [2.45, 2.75) is 6.04 Å². The smallest absolute Gasteiger partial charge is 0.134 e. The molecule has 84 valence electrons. The third kappa shape index (κ3) is 2.84. The van der Waals surface area contributed by atoms with E-state index < -0.39 is 0 Å². The first kappa shape index (κ1) is 12.8. The normalized spacial score (nSPS) is 20.7. The zero-order chi connectivity index (χ0) is 9.97. The molecular formula is C10H14BrClN2O. The van der Waals surface area contributed by atoms with Crippen LogP contribution in [-0.2, 0) is 0 Å². The highest BCUT2D eigenvalue weighted by atomic mass is 79.9. The number of phenols is 1. The molecule has 1 aromatic rings. The Labute approximate surface area is 104 Å². The molecule has 0 aliphatic carbocycles. The van der Waals surface area contributed by atoms with E-state index in [1.54, 1.807) is 0 Å². The van der Waals surface area contributed by atoms with Gasteiger partial charge in [0.15, 0.2) is 0 Å². The third-order valence-corrected chi connectivity index (χ3v) is 3.07. The number of para-hydroxylation sites is 1. The second-order valence-electron chi connectivity index (χ2n) is 3.39. The number of phenolic OH excluding ortho intramolecular Hbond substituents is 1. The number of aromatic hydroxyl groups is 1. The molecule has 1 saturated heterocycles. The van der Waals surface area contributed by atoms with Crippen molar-refractivity contribution in [2.75, 3.05) is 19.6 Å². The zero-order valence-electron chi connectivity index (χ0n) is 8.16. The molecule has 1 aromatic carbocycles. The molecule has 0 aromatic heterocycles. The number of hydrogen-bond acceptors (Lipinski definition) is 3. The van der Waals surface area contributed by atoms with Crippen LogP contribution in [0, 0.1) is 0 Å². The fourth-order valence-electron chi connectivity index (χ4n) is 1.69. The zero-order valence-corrected chi connectivity index (χ0v) is 10.6. The Bertz CT molecular complexity index is 329. The van der Waals surface area contributed by atoms with E-state index >= 15 is 0 Å². The second kappa shape index (κ2) is 5.70. The number of nitrogens with one attached hydrogen (secondary N) is 2. The van der Waals surface area contributed by atoms with E-state index in [2.05, 4.69) is 26.6 Å². The number of rotatable bonds is 1. The Hall–Kier alpha value is -0.290. The van der Waals surface area contributed by atoms with Gasteiger partial charge in [0.05, 0.1) is 4.47 Å². The Balaban J connectivity index is 0.00000112. The lowest BCUT2D eigenvalue weighted by Gasteiger charge is -2.25. The van der Waals surface area contributed by atoms with E-state index in [9.17, 15) is 5.11 Å². The topological polar surface area (TPSA) is 44.3 Å². The standard InChI is InChI=1S/C10H13BrN2O.ClH/c11-8-3-1-2-7(10(8)14)9-6-12-4-5-13-9;/h1-3,9,12-14H,4-6H2;1H/t9-;/m1./s1. The molecule has 0 amide bonds. The summed E-state index contributed by atoms with van der Waals surface area (Å²) >= 11 is 3.31. The van der Waals surface area contributed by atoms with E-state index in [0.29, 0.717) is 5.75 Å². The maximum Gasteiger partial charge on any atom is 0.134 e. The second-order valence-corrected chi connectivity index (χ2v) is 4.24. The van der Waals surface area contributed by atoms with Gasteiger partial charge in [-0.3, -0.25) is 0 Å². The number of benzene rings is 1. The molecule has 1 heterocycles. The van der Waals surface area contributed by atoms with Crippen LogP contribution in [0.3, 0.4) is 0 Å². The Kier molecular flexibility index (Phi) is 4.86. The summed E-state index contributed by atoms with van der Waals surface area (Å²) in [6.07, 6.45) is 0. The monoisotopic (exact) mass is 292 g/mol. The van der Waals surface area contributed by atoms with Crippen molar-refractivity contribution in [3.8, 4) is 5.75 Å². The van der Waals surface area contributed by atoms with Crippen molar-refractivity contribution >= 4 is 28.3 Å². The van der Waals surface area contributed by atoms with Crippen molar-refractivity contribution in [3.63, 3.8) is 0 Å². The molecule has 0 spiro atoms. The third-order valence-electron chi connectivity index (χ3n) is 2.43. The van der Waals surface area contributed by atoms with Gasteiger partial charge in [-0.1, -0.05) is 12.1 Å². The minimum absolute atomic E-state index is 0. The highest BCUT2D eigenvalue weighted by Gasteiger charge is 2.18. The van der Waals surface area contributed by atoms with Gasteiger partial charge in [0.1, 0.15) is 5.75 Å². The number of halogens is 2.